The zero-order valence-corrected chi connectivity index (χ0v) is 15.5. The zero-order chi connectivity index (χ0) is 19.9. The van der Waals surface area contributed by atoms with E-state index >= 15 is 0 Å². The average molecular weight is 401 g/mol. The largest absolute Gasteiger partial charge is 0.416 e. The van der Waals surface area contributed by atoms with E-state index in [1.807, 2.05) is 17.5 Å². The number of hydrogen-bond acceptors (Lipinski definition) is 4. The lowest BCUT2D eigenvalue weighted by Gasteiger charge is -2.30. The molecule has 4 rings (SSSR count). The summed E-state index contributed by atoms with van der Waals surface area (Å²) < 4.78 is 39.7. The third-order valence-electron chi connectivity index (χ3n) is 4.38. The molecule has 4 nitrogen and oxygen atoms in total. The van der Waals surface area contributed by atoms with Crippen LogP contribution in [0.3, 0.4) is 0 Å². The minimum atomic E-state index is -4.49. The molecule has 8 heteroatoms. The highest BCUT2D eigenvalue weighted by atomic mass is 32.1. The van der Waals surface area contributed by atoms with Crippen molar-refractivity contribution in [2.24, 2.45) is 0 Å². The molecule has 0 fully saturated rings. The fourth-order valence-electron chi connectivity index (χ4n) is 3.05. The summed E-state index contributed by atoms with van der Waals surface area (Å²) >= 11 is 1.43. The van der Waals surface area contributed by atoms with Gasteiger partial charge in [-0.15, -0.1) is 11.3 Å². The molecule has 0 saturated heterocycles. The SMILES string of the molecule is CN(c1ccccn1)N1C(=O)c2ccc(C(F)(F)F)cc2C1=Cc1cccs1. The first-order chi connectivity index (χ1) is 13.4. The molecule has 2 aromatic heterocycles. The third-order valence-corrected chi connectivity index (χ3v) is 5.20. The number of benzene rings is 1. The summed E-state index contributed by atoms with van der Waals surface area (Å²) in [4.78, 5) is 18.1. The van der Waals surface area contributed by atoms with Crippen molar-refractivity contribution < 1.29 is 18.0 Å². The van der Waals surface area contributed by atoms with Gasteiger partial charge >= 0.3 is 6.18 Å². The van der Waals surface area contributed by atoms with Crippen molar-refractivity contribution in [3.05, 3.63) is 81.7 Å². The van der Waals surface area contributed by atoms with Gasteiger partial charge in [0.15, 0.2) is 0 Å². The van der Waals surface area contributed by atoms with Gasteiger partial charge in [0.05, 0.1) is 16.8 Å². The van der Waals surface area contributed by atoms with Gasteiger partial charge in [0.1, 0.15) is 5.82 Å². The number of pyridine rings is 1. The Morgan fingerprint density at radius 3 is 2.57 bits per heavy atom. The standard InChI is InChI=1S/C20H14F3N3OS/c1-25(18-6-2-3-9-24-18)26-17(12-14-5-4-10-28-14)16-11-13(20(21,22)23)7-8-15(16)19(26)27/h2-12H,1H3. The second kappa shape index (κ2) is 6.79. The molecule has 0 spiro atoms. The Labute approximate surface area is 163 Å². The molecular formula is C20H14F3N3OS. The lowest BCUT2D eigenvalue weighted by atomic mass is 10.0. The molecule has 0 N–H and O–H groups in total. The summed E-state index contributed by atoms with van der Waals surface area (Å²) in [5.74, 6) is 0.0939. The fraction of sp³-hybridized carbons (Fsp3) is 0.100. The van der Waals surface area contributed by atoms with Crippen molar-refractivity contribution in [2.45, 2.75) is 6.18 Å². The van der Waals surface area contributed by atoms with Gasteiger partial charge in [-0.05, 0) is 47.9 Å². The van der Waals surface area contributed by atoms with Gasteiger partial charge in [-0.25, -0.2) is 9.99 Å². The predicted molar refractivity (Wildman–Crippen MR) is 102 cm³/mol. The second-order valence-corrected chi connectivity index (χ2v) is 7.11. The number of halogens is 3. The van der Waals surface area contributed by atoms with Crippen LogP contribution < -0.4 is 5.01 Å². The summed E-state index contributed by atoms with van der Waals surface area (Å²) in [6.45, 7) is 0. The molecule has 0 atom stereocenters. The number of carbonyl (C=O) groups is 1. The van der Waals surface area contributed by atoms with E-state index in [9.17, 15) is 18.0 Å². The number of hydrogen-bond donors (Lipinski definition) is 0. The van der Waals surface area contributed by atoms with E-state index in [0.29, 0.717) is 11.5 Å². The van der Waals surface area contributed by atoms with E-state index in [2.05, 4.69) is 4.98 Å². The maximum absolute atomic E-state index is 13.2. The number of aromatic nitrogens is 1. The smallest absolute Gasteiger partial charge is 0.267 e. The molecule has 1 aliphatic heterocycles. The van der Waals surface area contributed by atoms with Crippen LogP contribution in [0.25, 0.3) is 11.8 Å². The molecule has 142 valence electrons. The van der Waals surface area contributed by atoms with Crippen LogP contribution in [-0.2, 0) is 6.18 Å². The summed E-state index contributed by atoms with van der Waals surface area (Å²) in [7, 11) is 1.65. The number of nitrogens with zero attached hydrogens (tertiary/aromatic N) is 3. The Bertz CT molecular complexity index is 1050. The van der Waals surface area contributed by atoms with E-state index in [-0.39, 0.29) is 11.1 Å². The van der Waals surface area contributed by atoms with Crippen molar-refractivity contribution in [3.8, 4) is 0 Å². The highest BCUT2D eigenvalue weighted by Crippen LogP contribution is 2.40. The average Bonchev–Trinajstić information content (AvgIpc) is 3.28. The molecule has 0 unspecified atom stereocenters. The van der Waals surface area contributed by atoms with Crippen LogP contribution >= 0.6 is 11.3 Å². The van der Waals surface area contributed by atoms with Gasteiger partial charge in [-0.1, -0.05) is 12.1 Å². The first-order valence-corrected chi connectivity index (χ1v) is 9.20. The molecule has 0 aliphatic carbocycles. The Kier molecular flexibility index (Phi) is 4.43. The molecule has 1 amide bonds. The molecule has 1 aliphatic rings. The molecule has 28 heavy (non-hydrogen) atoms. The second-order valence-electron chi connectivity index (χ2n) is 6.13. The first kappa shape index (κ1) is 18.2. The fourth-order valence-corrected chi connectivity index (χ4v) is 3.70. The van der Waals surface area contributed by atoms with E-state index in [1.165, 1.54) is 27.4 Å². The number of carbonyl (C=O) groups excluding carboxylic acids is 1. The molecule has 0 bridgehead atoms. The summed E-state index contributed by atoms with van der Waals surface area (Å²) in [6, 6.07) is 12.1. The predicted octanol–water partition coefficient (Wildman–Crippen LogP) is 5.17. The first-order valence-electron chi connectivity index (χ1n) is 8.32. The molecule has 0 radical (unpaired) electrons. The van der Waals surface area contributed by atoms with Crippen molar-refractivity contribution >= 4 is 34.8 Å². The van der Waals surface area contributed by atoms with Gasteiger partial charge in [0.25, 0.3) is 5.91 Å². The molecule has 0 saturated carbocycles. The highest BCUT2D eigenvalue weighted by Gasteiger charge is 2.39. The quantitative estimate of drug-likeness (QED) is 0.608. The van der Waals surface area contributed by atoms with E-state index in [1.54, 1.807) is 37.5 Å². The normalized spacial score (nSPS) is 15.2. The minimum Gasteiger partial charge on any atom is -0.267 e. The van der Waals surface area contributed by atoms with Crippen molar-refractivity contribution in [1.82, 2.24) is 9.99 Å². The Balaban J connectivity index is 1.87. The van der Waals surface area contributed by atoms with Crippen LogP contribution in [0.5, 0.6) is 0 Å². The molecular weight excluding hydrogens is 387 g/mol. The van der Waals surface area contributed by atoms with Gasteiger partial charge < -0.3 is 0 Å². The zero-order valence-electron chi connectivity index (χ0n) is 14.6. The monoisotopic (exact) mass is 401 g/mol. The molecule has 3 heterocycles. The van der Waals surface area contributed by atoms with Gasteiger partial charge in [0.2, 0.25) is 0 Å². The van der Waals surface area contributed by atoms with Crippen LogP contribution in [-0.4, -0.2) is 22.9 Å². The van der Waals surface area contributed by atoms with Crippen molar-refractivity contribution in [3.63, 3.8) is 0 Å². The summed E-state index contributed by atoms with van der Waals surface area (Å²) in [5, 5.41) is 4.75. The third kappa shape index (κ3) is 3.16. The van der Waals surface area contributed by atoms with Crippen LogP contribution in [0, 0.1) is 0 Å². The maximum Gasteiger partial charge on any atom is 0.416 e. The number of hydrazine groups is 1. The Hall–Kier alpha value is -3.13. The minimum absolute atomic E-state index is 0.221. The van der Waals surface area contributed by atoms with Gasteiger partial charge in [-0.2, -0.15) is 13.2 Å². The lowest BCUT2D eigenvalue weighted by molar-refractivity contribution is -0.137. The van der Waals surface area contributed by atoms with Gasteiger partial charge in [0, 0.05) is 23.7 Å². The number of rotatable bonds is 3. The number of thiophene rings is 1. The highest BCUT2D eigenvalue weighted by molar-refractivity contribution is 7.10. The van der Waals surface area contributed by atoms with Crippen LogP contribution in [0.2, 0.25) is 0 Å². The number of amides is 1. The number of fused-ring (bicyclic) bond motifs is 1. The van der Waals surface area contributed by atoms with Crippen LogP contribution in [0.4, 0.5) is 19.0 Å². The van der Waals surface area contributed by atoms with Crippen molar-refractivity contribution in [1.29, 1.82) is 0 Å². The maximum atomic E-state index is 13.2. The molecule has 3 aromatic rings. The van der Waals surface area contributed by atoms with Crippen LogP contribution in [0.1, 0.15) is 26.4 Å². The topological polar surface area (TPSA) is 36.4 Å². The number of alkyl halides is 3. The van der Waals surface area contributed by atoms with E-state index in [4.69, 9.17) is 0 Å². The summed E-state index contributed by atoms with van der Waals surface area (Å²) in [6.07, 6.45) is -1.19. The summed E-state index contributed by atoms with van der Waals surface area (Å²) in [5.41, 5.74) is 0.0507. The molecule has 1 aromatic carbocycles. The van der Waals surface area contributed by atoms with E-state index < -0.39 is 17.6 Å². The number of anilines is 1. The Morgan fingerprint density at radius 2 is 1.93 bits per heavy atom. The van der Waals surface area contributed by atoms with Crippen molar-refractivity contribution in [2.75, 3.05) is 12.1 Å². The van der Waals surface area contributed by atoms with Gasteiger partial charge in [-0.3, -0.25) is 9.80 Å². The lowest BCUT2D eigenvalue weighted by Crippen LogP contribution is -2.39. The Morgan fingerprint density at radius 1 is 1.11 bits per heavy atom. The van der Waals surface area contributed by atoms with E-state index in [0.717, 1.165) is 17.0 Å². The van der Waals surface area contributed by atoms with Crippen LogP contribution in [0.15, 0.2) is 60.1 Å².